The van der Waals surface area contributed by atoms with Gasteiger partial charge < -0.3 is 9.47 Å². The highest BCUT2D eigenvalue weighted by atomic mass is 79.9. The molecule has 0 amide bonds. The fraction of sp³-hybridized carbons (Fsp3) is 0.250. The zero-order valence-corrected chi connectivity index (χ0v) is 13.8. The van der Waals surface area contributed by atoms with Crippen molar-refractivity contribution in [3.8, 4) is 5.75 Å². The molecule has 6 heteroatoms. The molecule has 0 aliphatic carbocycles. The van der Waals surface area contributed by atoms with Crippen LogP contribution in [-0.2, 0) is 16.0 Å². The van der Waals surface area contributed by atoms with E-state index in [1.54, 1.807) is 19.2 Å². The number of nitrogens with zero attached hydrogens (tertiary/aromatic N) is 1. The molecule has 0 saturated carbocycles. The van der Waals surface area contributed by atoms with Gasteiger partial charge in [0, 0.05) is 16.5 Å². The largest absolute Gasteiger partial charge is 0.496 e. The van der Waals surface area contributed by atoms with E-state index in [2.05, 4.69) is 20.9 Å². The molecule has 22 heavy (non-hydrogen) atoms. The molecular weight excluding hydrogens is 353 g/mol. The highest BCUT2D eigenvalue weighted by Crippen LogP contribution is 2.31. The normalized spacial score (nSPS) is 11.8. The SMILES string of the molecule is COC(=O)C(Cc1ncc(F)cc1Br)c1ccccc1OC. The van der Waals surface area contributed by atoms with Gasteiger partial charge in [-0.1, -0.05) is 18.2 Å². The lowest BCUT2D eigenvalue weighted by Crippen LogP contribution is -2.18. The van der Waals surface area contributed by atoms with Crippen LogP contribution >= 0.6 is 15.9 Å². The minimum atomic E-state index is -0.588. The van der Waals surface area contributed by atoms with Gasteiger partial charge in [0.1, 0.15) is 11.6 Å². The van der Waals surface area contributed by atoms with Crippen LogP contribution in [0.15, 0.2) is 41.0 Å². The van der Waals surface area contributed by atoms with Crippen LogP contribution in [0.4, 0.5) is 4.39 Å². The van der Waals surface area contributed by atoms with Crippen molar-refractivity contribution in [2.24, 2.45) is 0 Å². The molecule has 0 saturated heterocycles. The lowest BCUT2D eigenvalue weighted by molar-refractivity contribution is -0.142. The van der Waals surface area contributed by atoms with Gasteiger partial charge in [0.15, 0.2) is 0 Å². The van der Waals surface area contributed by atoms with Crippen LogP contribution in [-0.4, -0.2) is 25.2 Å². The molecule has 2 aromatic rings. The fourth-order valence-electron chi connectivity index (χ4n) is 2.20. The number of carbonyl (C=O) groups excluding carboxylic acids is 1. The molecular formula is C16H15BrFNO3. The summed E-state index contributed by atoms with van der Waals surface area (Å²) in [4.78, 5) is 16.2. The van der Waals surface area contributed by atoms with Crippen LogP contribution in [0.25, 0.3) is 0 Å². The maximum atomic E-state index is 13.1. The van der Waals surface area contributed by atoms with E-state index in [1.165, 1.54) is 13.2 Å². The van der Waals surface area contributed by atoms with Crippen molar-refractivity contribution < 1.29 is 18.7 Å². The Labute approximate surface area is 136 Å². The number of esters is 1. The van der Waals surface area contributed by atoms with E-state index in [9.17, 15) is 9.18 Å². The molecule has 0 N–H and O–H groups in total. The lowest BCUT2D eigenvalue weighted by Gasteiger charge is -2.18. The van der Waals surface area contributed by atoms with Gasteiger partial charge >= 0.3 is 5.97 Å². The molecule has 0 aliphatic heterocycles. The summed E-state index contributed by atoms with van der Waals surface area (Å²) in [7, 11) is 2.87. The Morgan fingerprint density at radius 3 is 2.73 bits per heavy atom. The Hall–Kier alpha value is -1.95. The Morgan fingerprint density at radius 1 is 1.36 bits per heavy atom. The Morgan fingerprint density at radius 2 is 2.09 bits per heavy atom. The number of pyridine rings is 1. The van der Waals surface area contributed by atoms with E-state index in [-0.39, 0.29) is 6.42 Å². The maximum absolute atomic E-state index is 13.1. The molecule has 0 radical (unpaired) electrons. The molecule has 0 aliphatic rings. The van der Waals surface area contributed by atoms with E-state index in [1.807, 2.05) is 12.1 Å². The van der Waals surface area contributed by atoms with Crippen molar-refractivity contribution in [1.82, 2.24) is 4.98 Å². The van der Waals surface area contributed by atoms with Gasteiger partial charge in [0.25, 0.3) is 0 Å². The van der Waals surface area contributed by atoms with Crippen molar-refractivity contribution in [1.29, 1.82) is 0 Å². The quantitative estimate of drug-likeness (QED) is 0.759. The number of hydrogen-bond acceptors (Lipinski definition) is 4. The van der Waals surface area contributed by atoms with Gasteiger partial charge in [-0.3, -0.25) is 9.78 Å². The van der Waals surface area contributed by atoms with Crippen LogP contribution in [0.5, 0.6) is 5.75 Å². The average molecular weight is 368 g/mol. The van der Waals surface area contributed by atoms with Crippen molar-refractivity contribution in [3.63, 3.8) is 0 Å². The summed E-state index contributed by atoms with van der Waals surface area (Å²) < 4.78 is 23.9. The second-order valence-corrected chi connectivity index (χ2v) is 5.46. The fourth-order valence-corrected chi connectivity index (χ4v) is 2.69. The van der Waals surface area contributed by atoms with E-state index < -0.39 is 17.7 Å². The Bertz CT molecular complexity index is 678. The number of para-hydroxylation sites is 1. The third kappa shape index (κ3) is 3.62. The number of rotatable bonds is 5. The van der Waals surface area contributed by atoms with Crippen LogP contribution < -0.4 is 4.74 Å². The molecule has 1 aromatic carbocycles. The van der Waals surface area contributed by atoms with Gasteiger partial charge in [0.2, 0.25) is 0 Å². The maximum Gasteiger partial charge on any atom is 0.313 e. The van der Waals surface area contributed by atoms with E-state index in [4.69, 9.17) is 9.47 Å². The summed E-state index contributed by atoms with van der Waals surface area (Å²) in [6.07, 6.45) is 1.39. The van der Waals surface area contributed by atoms with Gasteiger partial charge in [-0.25, -0.2) is 4.39 Å². The monoisotopic (exact) mass is 367 g/mol. The predicted octanol–water partition coefficient (Wildman–Crippen LogP) is 3.49. The summed E-state index contributed by atoms with van der Waals surface area (Å²) in [5, 5.41) is 0. The van der Waals surface area contributed by atoms with Crippen molar-refractivity contribution in [2.75, 3.05) is 14.2 Å². The average Bonchev–Trinajstić information content (AvgIpc) is 2.53. The van der Waals surface area contributed by atoms with E-state index in [0.29, 0.717) is 21.5 Å². The molecule has 0 bridgehead atoms. The minimum Gasteiger partial charge on any atom is -0.496 e. The first-order valence-corrected chi connectivity index (χ1v) is 7.36. The number of aromatic nitrogens is 1. The summed E-state index contributed by atoms with van der Waals surface area (Å²) in [6, 6.07) is 8.54. The molecule has 4 nitrogen and oxygen atoms in total. The summed E-state index contributed by atoms with van der Waals surface area (Å²) in [5.41, 5.74) is 1.28. The number of halogens is 2. The second-order valence-electron chi connectivity index (χ2n) is 4.60. The van der Waals surface area contributed by atoms with Gasteiger partial charge in [-0.2, -0.15) is 0 Å². The molecule has 116 valence electrons. The molecule has 1 aromatic heterocycles. The summed E-state index contributed by atoms with van der Waals surface area (Å²) >= 11 is 3.27. The summed E-state index contributed by atoms with van der Waals surface area (Å²) in [6.45, 7) is 0. The highest BCUT2D eigenvalue weighted by Gasteiger charge is 2.26. The number of methoxy groups -OCH3 is 2. The van der Waals surface area contributed by atoms with Gasteiger partial charge in [-0.15, -0.1) is 0 Å². The van der Waals surface area contributed by atoms with Gasteiger partial charge in [-0.05, 0) is 28.1 Å². The molecule has 1 atom stereocenters. The lowest BCUT2D eigenvalue weighted by atomic mass is 9.93. The first-order valence-electron chi connectivity index (χ1n) is 6.57. The van der Waals surface area contributed by atoms with E-state index in [0.717, 1.165) is 6.20 Å². The van der Waals surface area contributed by atoms with Crippen LogP contribution in [0.3, 0.4) is 0 Å². The van der Waals surface area contributed by atoms with Crippen LogP contribution in [0, 0.1) is 5.82 Å². The molecule has 1 unspecified atom stereocenters. The third-order valence-electron chi connectivity index (χ3n) is 3.28. The molecule has 2 rings (SSSR count). The minimum absolute atomic E-state index is 0.272. The number of carbonyl (C=O) groups is 1. The predicted molar refractivity (Wildman–Crippen MR) is 83.4 cm³/mol. The standard InChI is InChI=1S/C16H15BrFNO3/c1-21-15-6-4-3-5-11(15)12(16(20)22-2)8-14-13(17)7-10(18)9-19-14/h3-7,9,12H,8H2,1-2H3. The number of benzene rings is 1. The zero-order valence-electron chi connectivity index (χ0n) is 12.2. The zero-order chi connectivity index (χ0) is 16.1. The number of hydrogen-bond donors (Lipinski definition) is 0. The molecule has 0 fully saturated rings. The smallest absolute Gasteiger partial charge is 0.313 e. The Kier molecular flexibility index (Phi) is 5.49. The van der Waals surface area contributed by atoms with Gasteiger partial charge in [0.05, 0.1) is 32.0 Å². The third-order valence-corrected chi connectivity index (χ3v) is 3.97. The van der Waals surface area contributed by atoms with Crippen LogP contribution in [0.1, 0.15) is 17.2 Å². The topological polar surface area (TPSA) is 48.4 Å². The second kappa shape index (κ2) is 7.35. The number of ether oxygens (including phenoxy) is 2. The summed E-state index contributed by atoms with van der Waals surface area (Å²) in [5.74, 6) is -0.836. The van der Waals surface area contributed by atoms with Crippen LogP contribution in [0.2, 0.25) is 0 Å². The Balaban J connectivity index is 2.40. The first kappa shape index (κ1) is 16.4. The first-order chi connectivity index (χ1) is 10.6. The molecule has 1 heterocycles. The van der Waals surface area contributed by atoms with E-state index >= 15 is 0 Å². The van der Waals surface area contributed by atoms with Crippen molar-refractivity contribution >= 4 is 21.9 Å². The van der Waals surface area contributed by atoms with Crippen molar-refractivity contribution in [2.45, 2.75) is 12.3 Å². The molecule has 0 spiro atoms. The highest BCUT2D eigenvalue weighted by molar-refractivity contribution is 9.10. The van der Waals surface area contributed by atoms with Crippen molar-refractivity contribution in [3.05, 3.63) is 58.1 Å².